The molecule has 0 bridgehead atoms. The quantitative estimate of drug-likeness (QED) is 0.163. The van der Waals surface area contributed by atoms with Crippen molar-refractivity contribution in [1.82, 2.24) is 4.98 Å². The van der Waals surface area contributed by atoms with Crippen molar-refractivity contribution in [2.24, 2.45) is 0 Å². The first kappa shape index (κ1) is 21.0. The summed E-state index contributed by atoms with van der Waals surface area (Å²) >= 11 is 0. The molecule has 0 aliphatic rings. The minimum absolute atomic E-state index is 0.0221. The van der Waals surface area contributed by atoms with Gasteiger partial charge in [0.25, 0.3) is 11.4 Å². The lowest BCUT2D eigenvalue weighted by molar-refractivity contribution is -0.385. The molecule has 7 heteroatoms. The topological polar surface area (TPSA) is 99.2 Å². The maximum atomic E-state index is 11.0. The average molecular weight is 447 g/mol. The normalized spacial score (nSPS) is 11.3. The maximum Gasteiger partial charge on any atom is 0.269 e. The Morgan fingerprint density at radius 1 is 0.706 bits per heavy atom. The van der Waals surface area contributed by atoms with Crippen LogP contribution in [-0.2, 0) is 0 Å². The van der Waals surface area contributed by atoms with Crippen LogP contribution in [0.25, 0.3) is 45.1 Å². The third-order valence-electron chi connectivity index (χ3n) is 5.66. The van der Waals surface area contributed by atoms with Crippen molar-refractivity contribution >= 4 is 45.2 Å². The molecule has 0 fully saturated rings. The third kappa shape index (κ3) is 3.98. The molecule has 1 heterocycles. The number of aromatic nitrogens is 1. The first-order valence-corrected chi connectivity index (χ1v) is 10.5. The summed E-state index contributed by atoms with van der Waals surface area (Å²) in [5.41, 5.74) is 4.08. The SMILES string of the molecule is O=[N+]([O-])c1ccc(C=Cc2cc(-c3ccc([N+](=O)[O-])cc3)nc3ccc4ccccc4c23)cc1. The molecule has 0 atom stereocenters. The van der Waals surface area contributed by atoms with Gasteiger partial charge in [-0.05, 0) is 58.3 Å². The van der Waals surface area contributed by atoms with E-state index in [1.54, 1.807) is 24.3 Å². The average Bonchev–Trinajstić information content (AvgIpc) is 2.87. The summed E-state index contributed by atoms with van der Waals surface area (Å²) in [5, 5.41) is 25.1. The van der Waals surface area contributed by atoms with Crippen LogP contribution in [0.1, 0.15) is 11.1 Å². The van der Waals surface area contributed by atoms with Gasteiger partial charge in [0.2, 0.25) is 0 Å². The van der Waals surface area contributed by atoms with Crippen LogP contribution in [0.2, 0.25) is 0 Å². The molecule has 0 saturated heterocycles. The van der Waals surface area contributed by atoms with Gasteiger partial charge in [-0.25, -0.2) is 4.98 Å². The van der Waals surface area contributed by atoms with Crippen LogP contribution in [0.4, 0.5) is 11.4 Å². The van der Waals surface area contributed by atoms with Gasteiger partial charge in [0.1, 0.15) is 0 Å². The molecule has 0 N–H and O–H groups in total. The zero-order valence-electron chi connectivity index (χ0n) is 17.8. The molecule has 0 saturated carbocycles. The first-order chi connectivity index (χ1) is 16.5. The smallest absolute Gasteiger partial charge is 0.258 e. The Morgan fingerprint density at radius 2 is 1.35 bits per heavy atom. The molecule has 5 aromatic rings. The fourth-order valence-corrected chi connectivity index (χ4v) is 3.96. The van der Waals surface area contributed by atoms with E-state index in [2.05, 4.69) is 0 Å². The number of nitrogens with zero attached hydrogens (tertiary/aromatic N) is 3. The number of nitro benzene ring substituents is 2. The number of benzene rings is 4. The molecule has 4 aromatic carbocycles. The highest BCUT2D eigenvalue weighted by molar-refractivity contribution is 6.11. The molecule has 164 valence electrons. The lowest BCUT2D eigenvalue weighted by Gasteiger charge is -2.10. The number of hydrogen-bond donors (Lipinski definition) is 0. The van der Waals surface area contributed by atoms with Crippen LogP contribution in [0.5, 0.6) is 0 Å². The van der Waals surface area contributed by atoms with Gasteiger partial charge in [-0.1, -0.05) is 42.5 Å². The minimum atomic E-state index is -0.428. The van der Waals surface area contributed by atoms with Gasteiger partial charge in [0, 0.05) is 35.2 Å². The van der Waals surface area contributed by atoms with E-state index in [1.807, 2.05) is 54.6 Å². The Hall–Kier alpha value is -4.91. The van der Waals surface area contributed by atoms with Gasteiger partial charge in [-0.15, -0.1) is 0 Å². The predicted octanol–water partition coefficient (Wildman–Crippen LogP) is 7.04. The number of hydrogen-bond acceptors (Lipinski definition) is 5. The fraction of sp³-hybridized carbons (Fsp3) is 0. The molecular weight excluding hydrogens is 430 g/mol. The highest BCUT2D eigenvalue weighted by Gasteiger charge is 2.11. The summed E-state index contributed by atoms with van der Waals surface area (Å²) < 4.78 is 0. The monoisotopic (exact) mass is 447 g/mol. The Labute approximate surface area is 193 Å². The molecular formula is C27H17N3O4. The second-order valence-electron chi connectivity index (χ2n) is 7.76. The van der Waals surface area contributed by atoms with E-state index in [9.17, 15) is 20.2 Å². The van der Waals surface area contributed by atoms with Crippen molar-refractivity contribution in [2.75, 3.05) is 0 Å². The van der Waals surface area contributed by atoms with Crippen LogP contribution < -0.4 is 0 Å². The zero-order chi connectivity index (χ0) is 23.7. The van der Waals surface area contributed by atoms with Gasteiger partial charge < -0.3 is 0 Å². The summed E-state index contributed by atoms with van der Waals surface area (Å²) in [7, 11) is 0. The second kappa shape index (κ2) is 8.55. The Kier molecular flexibility index (Phi) is 5.27. The van der Waals surface area contributed by atoms with Crippen LogP contribution in [0.15, 0.2) is 91.0 Å². The summed E-state index contributed by atoms with van der Waals surface area (Å²) in [6, 6.07) is 26.7. The van der Waals surface area contributed by atoms with Gasteiger partial charge in [-0.3, -0.25) is 20.2 Å². The maximum absolute atomic E-state index is 11.0. The summed E-state index contributed by atoms with van der Waals surface area (Å²) in [5.74, 6) is 0. The summed E-state index contributed by atoms with van der Waals surface area (Å²) in [6.45, 7) is 0. The predicted molar refractivity (Wildman–Crippen MR) is 133 cm³/mol. The molecule has 0 spiro atoms. The van der Waals surface area contributed by atoms with E-state index >= 15 is 0 Å². The van der Waals surface area contributed by atoms with Crippen LogP contribution in [-0.4, -0.2) is 14.8 Å². The standard InChI is InChI=1S/C27H17N3O4/c31-29(32)22-12-6-18(7-13-22)5-8-21-17-26(20-9-14-23(15-10-20)30(33)34)28-25-16-11-19-3-1-2-4-24(19)27(21)25/h1-17H. The number of pyridine rings is 1. The number of fused-ring (bicyclic) bond motifs is 3. The van der Waals surface area contributed by atoms with E-state index < -0.39 is 9.85 Å². The largest absolute Gasteiger partial charge is 0.269 e. The van der Waals surface area contributed by atoms with E-state index in [-0.39, 0.29) is 11.4 Å². The van der Waals surface area contributed by atoms with Crippen LogP contribution >= 0.6 is 0 Å². The lowest BCUT2D eigenvalue weighted by Crippen LogP contribution is -1.92. The molecule has 0 amide bonds. The van der Waals surface area contributed by atoms with Crippen molar-refractivity contribution < 1.29 is 9.85 Å². The molecule has 0 aliphatic heterocycles. The minimum Gasteiger partial charge on any atom is -0.258 e. The van der Waals surface area contributed by atoms with E-state index in [0.29, 0.717) is 5.69 Å². The van der Waals surface area contributed by atoms with Gasteiger partial charge in [0.15, 0.2) is 0 Å². The van der Waals surface area contributed by atoms with Crippen molar-refractivity contribution in [3.63, 3.8) is 0 Å². The van der Waals surface area contributed by atoms with Gasteiger partial charge in [0.05, 0.1) is 21.1 Å². The Morgan fingerprint density at radius 3 is 2.03 bits per heavy atom. The molecule has 0 unspecified atom stereocenters. The van der Waals surface area contributed by atoms with Gasteiger partial charge in [-0.2, -0.15) is 0 Å². The van der Waals surface area contributed by atoms with E-state index in [4.69, 9.17) is 4.98 Å². The Bertz CT molecular complexity index is 1590. The van der Waals surface area contributed by atoms with Crippen molar-refractivity contribution in [3.8, 4) is 11.3 Å². The second-order valence-corrected chi connectivity index (χ2v) is 7.76. The molecule has 7 nitrogen and oxygen atoms in total. The number of rotatable bonds is 5. The molecule has 0 aliphatic carbocycles. The summed E-state index contributed by atoms with van der Waals surface area (Å²) in [6.07, 6.45) is 3.87. The number of nitro groups is 2. The lowest BCUT2D eigenvalue weighted by atomic mass is 9.98. The van der Waals surface area contributed by atoms with E-state index in [1.165, 1.54) is 24.3 Å². The molecule has 1 aromatic heterocycles. The zero-order valence-corrected chi connectivity index (χ0v) is 17.8. The Balaban J connectivity index is 1.67. The van der Waals surface area contributed by atoms with Crippen molar-refractivity contribution in [2.45, 2.75) is 0 Å². The number of non-ortho nitro benzene ring substituents is 2. The fourth-order valence-electron chi connectivity index (χ4n) is 3.96. The first-order valence-electron chi connectivity index (χ1n) is 10.5. The van der Waals surface area contributed by atoms with Crippen molar-refractivity contribution in [1.29, 1.82) is 0 Å². The third-order valence-corrected chi connectivity index (χ3v) is 5.66. The molecule has 34 heavy (non-hydrogen) atoms. The highest BCUT2D eigenvalue weighted by atomic mass is 16.6. The van der Waals surface area contributed by atoms with Crippen LogP contribution in [0, 0.1) is 20.2 Å². The van der Waals surface area contributed by atoms with Gasteiger partial charge >= 0.3 is 0 Å². The van der Waals surface area contributed by atoms with Crippen molar-refractivity contribution in [3.05, 3.63) is 122 Å². The molecule has 0 radical (unpaired) electrons. The van der Waals surface area contributed by atoms with Crippen LogP contribution in [0.3, 0.4) is 0 Å². The van der Waals surface area contributed by atoms with E-state index in [0.717, 1.165) is 38.4 Å². The molecule has 5 rings (SSSR count). The summed E-state index contributed by atoms with van der Waals surface area (Å²) in [4.78, 5) is 25.9. The highest BCUT2D eigenvalue weighted by Crippen LogP contribution is 2.32.